The second kappa shape index (κ2) is 9.93. The molecule has 182 valence electrons. The number of amides is 1. The lowest BCUT2D eigenvalue weighted by Gasteiger charge is -2.24. The van der Waals surface area contributed by atoms with E-state index < -0.39 is 23.5 Å². The highest BCUT2D eigenvalue weighted by atomic mass is 35.5. The minimum atomic E-state index is -1.01. The lowest BCUT2D eigenvalue weighted by atomic mass is 9.98. The van der Waals surface area contributed by atoms with E-state index in [4.69, 9.17) is 41.8 Å². The number of hydrogen-bond donors (Lipinski definition) is 1. The molecule has 8 nitrogen and oxygen atoms in total. The first kappa shape index (κ1) is 24.5. The molecule has 1 atom stereocenters. The summed E-state index contributed by atoms with van der Waals surface area (Å²) in [6.45, 7) is 0.0607. The van der Waals surface area contributed by atoms with Crippen molar-refractivity contribution in [2.75, 3.05) is 21.3 Å². The quantitative estimate of drug-likeness (QED) is 0.260. The fourth-order valence-corrected chi connectivity index (χ4v) is 4.73. The van der Waals surface area contributed by atoms with Crippen molar-refractivity contribution < 1.29 is 33.3 Å². The highest BCUT2D eigenvalue weighted by molar-refractivity contribution is 6.46. The average Bonchev–Trinajstić information content (AvgIpc) is 3.46. The topological polar surface area (TPSA) is 98.4 Å². The Kier molecular flexibility index (Phi) is 6.95. The molecule has 0 aliphatic carbocycles. The maximum Gasteiger partial charge on any atom is 0.296 e. The standard InChI is InChI=1S/C25H21Cl2NO7/c1-32-14-7-4-6-13(10-14)12-28-20(17-8-5-9-35-17)18(22(30)25(28)31)21(29)15-11-16(26)24(34-3)19(27)23(15)33-2/h4-11,20,29H,12H2,1-3H3/b21-18-. The van der Waals surface area contributed by atoms with Gasteiger partial charge in [-0.2, -0.15) is 0 Å². The summed E-state index contributed by atoms with van der Waals surface area (Å²) in [5.41, 5.74) is 0.554. The highest BCUT2D eigenvalue weighted by Gasteiger charge is 2.48. The summed E-state index contributed by atoms with van der Waals surface area (Å²) in [7, 11) is 4.26. The van der Waals surface area contributed by atoms with Crippen LogP contribution in [0.15, 0.2) is 58.7 Å². The van der Waals surface area contributed by atoms with Gasteiger partial charge >= 0.3 is 0 Å². The number of halogens is 2. The predicted molar refractivity (Wildman–Crippen MR) is 129 cm³/mol. The predicted octanol–water partition coefficient (Wildman–Crippen LogP) is 5.23. The Morgan fingerprint density at radius 1 is 1.03 bits per heavy atom. The summed E-state index contributed by atoms with van der Waals surface area (Å²) in [6, 6.07) is 10.7. The van der Waals surface area contributed by atoms with Crippen LogP contribution in [-0.4, -0.2) is 43.0 Å². The second-order valence-electron chi connectivity index (χ2n) is 7.58. The van der Waals surface area contributed by atoms with E-state index in [2.05, 4.69) is 0 Å². The molecule has 1 N–H and O–H groups in total. The SMILES string of the molecule is COc1cccc(CN2C(=O)C(=O)/C(=C(\O)c3cc(Cl)c(OC)c(Cl)c3OC)C2c2ccco2)c1. The van der Waals surface area contributed by atoms with E-state index in [1.807, 2.05) is 0 Å². The number of rotatable bonds is 7. The molecule has 10 heteroatoms. The van der Waals surface area contributed by atoms with E-state index in [0.717, 1.165) is 5.56 Å². The van der Waals surface area contributed by atoms with Gasteiger partial charge in [0.2, 0.25) is 0 Å². The number of carbonyl (C=O) groups excluding carboxylic acids is 2. The van der Waals surface area contributed by atoms with Crippen LogP contribution in [0.2, 0.25) is 10.0 Å². The van der Waals surface area contributed by atoms with Crippen molar-refractivity contribution in [3.63, 3.8) is 0 Å². The molecule has 0 spiro atoms. The number of furan rings is 1. The van der Waals surface area contributed by atoms with Crippen LogP contribution in [0.3, 0.4) is 0 Å². The Bertz CT molecular complexity index is 1320. The van der Waals surface area contributed by atoms with Gasteiger partial charge in [-0.15, -0.1) is 0 Å². The Hall–Kier alpha value is -3.62. The molecule has 1 aromatic heterocycles. The van der Waals surface area contributed by atoms with E-state index in [0.29, 0.717) is 11.5 Å². The summed E-state index contributed by atoms with van der Waals surface area (Å²) >= 11 is 12.7. The van der Waals surface area contributed by atoms with Gasteiger partial charge in [0, 0.05) is 6.54 Å². The van der Waals surface area contributed by atoms with Gasteiger partial charge in [-0.25, -0.2) is 0 Å². The van der Waals surface area contributed by atoms with Crippen LogP contribution in [0.4, 0.5) is 0 Å². The number of likely N-dealkylation sites (tertiary alicyclic amines) is 1. The van der Waals surface area contributed by atoms with E-state index >= 15 is 0 Å². The van der Waals surface area contributed by atoms with Gasteiger partial charge in [-0.05, 0) is 35.9 Å². The van der Waals surface area contributed by atoms with Crippen molar-refractivity contribution in [2.24, 2.45) is 0 Å². The zero-order valence-electron chi connectivity index (χ0n) is 19.0. The van der Waals surface area contributed by atoms with Crippen LogP contribution in [0, 0.1) is 0 Å². The largest absolute Gasteiger partial charge is 0.507 e. The number of ketones is 1. The van der Waals surface area contributed by atoms with Crippen LogP contribution in [0.5, 0.6) is 17.2 Å². The maximum absolute atomic E-state index is 13.2. The van der Waals surface area contributed by atoms with E-state index in [1.165, 1.54) is 38.6 Å². The van der Waals surface area contributed by atoms with Crippen LogP contribution >= 0.6 is 23.2 Å². The number of aliphatic hydroxyl groups excluding tert-OH is 1. The number of benzene rings is 2. The van der Waals surface area contributed by atoms with Gasteiger partial charge in [-0.1, -0.05) is 35.3 Å². The minimum absolute atomic E-state index is 0.00390. The fraction of sp³-hybridized carbons (Fsp3) is 0.200. The number of carbonyl (C=O) groups is 2. The zero-order chi connectivity index (χ0) is 25.3. The molecule has 0 saturated carbocycles. The van der Waals surface area contributed by atoms with Crippen molar-refractivity contribution in [1.82, 2.24) is 4.90 Å². The first-order chi connectivity index (χ1) is 16.8. The monoisotopic (exact) mass is 517 g/mol. The van der Waals surface area contributed by atoms with Gasteiger partial charge in [0.25, 0.3) is 11.7 Å². The van der Waals surface area contributed by atoms with Gasteiger partial charge in [0.05, 0.1) is 43.8 Å². The highest BCUT2D eigenvalue weighted by Crippen LogP contribution is 2.47. The second-order valence-corrected chi connectivity index (χ2v) is 8.37. The summed E-state index contributed by atoms with van der Waals surface area (Å²) < 4.78 is 21.4. The first-order valence-corrected chi connectivity index (χ1v) is 11.1. The molecule has 1 unspecified atom stereocenters. The van der Waals surface area contributed by atoms with E-state index in [9.17, 15) is 14.7 Å². The summed E-state index contributed by atoms with van der Waals surface area (Å²) in [5, 5.41) is 11.4. The first-order valence-electron chi connectivity index (χ1n) is 10.4. The van der Waals surface area contributed by atoms with Crippen LogP contribution in [-0.2, 0) is 16.1 Å². The molecule has 0 bridgehead atoms. The molecular formula is C25H21Cl2NO7. The molecular weight excluding hydrogens is 497 g/mol. The third-order valence-corrected chi connectivity index (χ3v) is 6.26. The molecule has 1 aliphatic heterocycles. The molecule has 1 fully saturated rings. The van der Waals surface area contributed by atoms with Crippen molar-refractivity contribution in [2.45, 2.75) is 12.6 Å². The molecule has 35 heavy (non-hydrogen) atoms. The number of aliphatic hydroxyl groups is 1. The summed E-state index contributed by atoms with van der Waals surface area (Å²) in [5.74, 6) is -1.15. The Balaban J connectivity index is 1.89. The van der Waals surface area contributed by atoms with Gasteiger partial charge in [-0.3, -0.25) is 9.59 Å². The average molecular weight is 518 g/mol. The normalized spacial score (nSPS) is 17.1. The third kappa shape index (κ3) is 4.31. The number of ether oxygens (including phenoxy) is 3. The fourth-order valence-electron chi connectivity index (χ4n) is 4.04. The smallest absolute Gasteiger partial charge is 0.296 e. The Morgan fingerprint density at radius 3 is 2.40 bits per heavy atom. The molecule has 1 amide bonds. The molecule has 1 saturated heterocycles. The van der Waals surface area contributed by atoms with Crippen LogP contribution in [0.1, 0.15) is 22.9 Å². The van der Waals surface area contributed by atoms with Crippen LogP contribution < -0.4 is 14.2 Å². The van der Waals surface area contributed by atoms with E-state index in [-0.39, 0.29) is 39.2 Å². The zero-order valence-corrected chi connectivity index (χ0v) is 20.5. The van der Waals surface area contributed by atoms with Gasteiger partial charge < -0.3 is 28.6 Å². The molecule has 2 aromatic carbocycles. The number of nitrogens with zero attached hydrogens (tertiary/aromatic N) is 1. The summed E-state index contributed by atoms with van der Waals surface area (Å²) in [6.07, 6.45) is 1.42. The third-order valence-electron chi connectivity index (χ3n) is 5.63. The Morgan fingerprint density at radius 2 is 1.77 bits per heavy atom. The summed E-state index contributed by atoms with van der Waals surface area (Å²) in [4.78, 5) is 27.7. The van der Waals surface area contributed by atoms with Gasteiger partial charge in [0.15, 0.2) is 11.5 Å². The van der Waals surface area contributed by atoms with Crippen molar-refractivity contribution in [1.29, 1.82) is 0 Å². The molecule has 4 rings (SSSR count). The number of hydrogen-bond acceptors (Lipinski definition) is 7. The van der Waals surface area contributed by atoms with E-state index in [1.54, 1.807) is 36.4 Å². The minimum Gasteiger partial charge on any atom is -0.507 e. The van der Waals surface area contributed by atoms with Crippen molar-refractivity contribution in [3.8, 4) is 17.2 Å². The molecule has 0 radical (unpaired) electrons. The van der Waals surface area contributed by atoms with Gasteiger partial charge in [0.1, 0.15) is 28.3 Å². The number of Topliss-reactive ketones (excluding diaryl/α,β-unsaturated/α-hetero) is 1. The Labute approximate surface area is 211 Å². The van der Waals surface area contributed by atoms with Crippen molar-refractivity contribution >= 4 is 40.7 Å². The van der Waals surface area contributed by atoms with Crippen molar-refractivity contribution in [3.05, 3.63) is 81.2 Å². The lowest BCUT2D eigenvalue weighted by Crippen LogP contribution is -2.29. The lowest BCUT2D eigenvalue weighted by molar-refractivity contribution is -0.140. The van der Waals surface area contributed by atoms with Crippen LogP contribution in [0.25, 0.3) is 5.76 Å². The molecule has 2 heterocycles. The number of methoxy groups -OCH3 is 3. The molecule has 1 aliphatic rings. The molecule has 3 aromatic rings. The maximum atomic E-state index is 13.2.